The maximum atomic E-state index is 12.4. The molecule has 1 aliphatic rings. The Morgan fingerprint density at radius 1 is 1.52 bits per heavy atom. The van der Waals surface area contributed by atoms with E-state index in [0.717, 1.165) is 0 Å². The minimum absolute atomic E-state index is 0.0879. The number of nitrogens with one attached hydrogen (secondary N) is 1. The summed E-state index contributed by atoms with van der Waals surface area (Å²) >= 11 is 0. The van der Waals surface area contributed by atoms with E-state index in [4.69, 9.17) is 9.26 Å². The summed E-state index contributed by atoms with van der Waals surface area (Å²) in [6.45, 7) is 9.77. The molecule has 1 aromatic rings. The van der Waals surface area contributed by atoms with Crippen LogP contribution in [0.25, 0.3) is 0 Å². The SMILES string of the molecule is CCO[C@@H]1C[C@@](NC(=O)c2cc(C(C)C)on2)(C(=O)O)C1(C)C. The van der Waals surface area contributed by atoms with Gasteiger partial charge in [-0.3, -0.25) is 4.79 Å². The molecule has 1 aliphatic carbocycles. The van der Waals surface area contributed by atoms with Crippen LogP contribution in [0.4, 0.5) is 0 Å². The number of rotatable bonds is 6. The second kappa shape index (κ2) is 5.96. The van der Waals surface area contributed by atoms with Crippen LogP contribution in [0.15, 0.2) is 10.6 Å². The van der Waals surface area contributed by atoms with Gasteiger partial charge in [-0.1, -0.05) is 32.9 Å². The van der Waals surface area contributed by atoms with Crippen molar-refractivity contribution in [3.8, 4) is 0 Å². The molecule has 0 aliphatic heterocycles. The van der Waals surface area contributed by atoms with E-state index in [1.807, 2.05) is 20.8 Å². The normalized spacial score (nSPS) is 25.9. The van der Waals surface area contributed by atoms with Crippen molar-refractivity contribution in [3.63, 3.8) is 0 Å². The van der Waals surface area contributed by atoms with E-state index in [9.17, 15) is 14.7 Å². The van der Waals surface area contributed by atoms with Gasteiger partial charge in [-0.05, 0) is 6.92 Å². The average Bonchev–Trinajstić information content (AvgIpc) is 2.95. The second-order valence-corrected chi connectivity index (χ2v) is 6.80. The summed E-state index contributed by atoms with van der Waals surface area (Å²) < 4.78 is 10.7. The van der Waals surface area contributed by atoms with Gasteiger partial charge in [0.05, 0.1) is 6.10 Å². The molecule has 0 spiro atoms. The number of aliphatic carboxylic acids is 1. The van der Waals surface area contributed by atoms with Gasteiger partial charge in [0, 0.05) is 30.4 Å². The molecule has 0 radical (unpaired) electrons. The number of carbonyl (C=O) groups excluding carboxylic acids is 1. The van der Waals surface area contributed by atoms with Gasteiger partial charge in [0.2, 0.25) is 0 Å². The molecular weight excluding hydrogens is 300 g/mol. The lowest BCUT2D eigenvalue weighted by molar-refractivity contribution is -0.190. The van der Waals surface area contributed by atoms with Gasteiger partial charge < -0.3 is 19.7 Å². The zero-order valence-corrected chi connectivity index (χ0v) is 14.2. The molecule has 7 heteroatoms. The third kappa shape index (κ3) is 2.73. The lowest BCUT2D eigenvalue weighted by Gasteiger charge is -2.58. The molecule has 1 aromatic heterocycles. The number of carbonyl (C=O) groups is 2. The molecule has 1 heterocycles. The van der Waals surface area contributed by atoms with Crippen LogP contribution in [0.5, 0.6) is 0 Å². The first-order valence-corrected chi connectivity index (χ1v) is 7.79. The Morgan fingerprint density at radius 3 is 2.61 bits per heavy atom. The predicted molar refractivity (Wildman–Crippen MR) is 82.2 cm³/mol. The molecule has 1 amide bonds. The lowest BCUT2D eigenvalue weighted by atomic mass is 9.54. The fourth-order valence-electron chi connectivity index (χ4n) is 2.96. The summed E-state index contributed by atoms with van der Waals surface area (Å²) in [6.07, 6.45) is 0.0107. The van der Waals surface area contributed by atoms with E-state index in [1.165, 1.54) is 0 Å². The van der Waals surface area contributed by atoms with Crippen molar-refractivity contribution in [2.24, 2.45) is 5.41 Å². The highest BCUT2D eigenvalue weighted by Crippen LogP contribution is 2.51. The van der Waals surface area contributed by atoms with Crippen molar-refractivity contribution in [2.45, 2.75) is 58.6 Å². The summed E-state index contributed by atoms with van der Waals surface area (Å²) in [5.74, 6) is -0.940. The van der Waals surface area contributed by atoms with Crippen molar-refractivity contribution in [3.05, 3.63) is 17.5 Å². The Kier molecular flexibility index (Phi) is 4.52. The Labute approximate surface area is 135 Å². The standard InChI is InChI=1S/C16H24N2O5/c1-6-22-12-8-16(14(20)21,15(12,4)5)17-13(19)10-7-11(9(2)3)23-18-10/h7,9,12H,6,8H2,1-5H3,(H,17,19)(H,20,21)/t12-,16-/m1/s1. The fourth-order valence-corrected chi connectivity index (χ4v) is 2.96. The molecule has 1 saturated carbocycles. The highest BCUT2D eigenvalue weighted by molar-refractivity contribution is 5.97. The van der Waals surface area contributed by atoms with E-state index >= 15 is 0 Å². The van der Waals surface area contributed by atoms with E-state index < -0.39 is 22.8 Å². The van der Waals surface area contributed by atoms with Crippen LogP contribution in [-0.2, 0) is 9.53 Å². The molecule has 7 nitrogen and oxygen atoms in total. The number of amides is 1. The number of ether oxygens (including phenoxy) is 1. The lowest BCUT2D eigenvalue weighted by Crippen LogP contribution is -2.76. The Morgan fingerprint density at radius 2 is 2.17 bits per heavy atom. The molecule has 23 heavy (non-hydrogen) atoms. The average molecular weight is 324 g/mol. The molecule has 2 rings (SSSR count). The molecule has 0 saturated heterocycles. The van der Waals surface area contributed by atoms with Crippen LogP contribution in [-0.4, -0.2) is 40.4 Å². The Bertz CT molecular complexity index is 607. The Hall–Kier alpha value is -1.89. The van der Waals surface area contributed by atoms with Gasteiger partial charge in [-0.15, -0.1) is 0 Å². The van der Waals surface area contributed by atoms with Crippen molar-refractivity contribution < 1.29 is 24.0 Å². The molecule has 2 atom stereocenters. The van der Waals surface area contributed by atoms with Crippen LogP contribution in [0.3, 0.4) is 0 Å². The van der Waals surface area contributed by atoms with Crippen LogP contribution in [0.2, 0.25) is 0 Å². The third-order valence-electron chi connectivity index (χ3n) is 4.79. The van der Waals surface area contributed by atoms with Crippen molar-refractivity contribution in [1.82, 2.24) is 10.5 Å². The van der Waals surface area contributed by atoms with Gasteiger partial charge in [-0.2, -0.15) is 0 Å². The number of aromatic nitrogens is 1. The number of hydrogen-bond acceptors (Lipinski definition) is 5. The highest BCUT2D eigenvalue weighted by atomic mass is 16.5. The minimum atomic E-state index is -1.37. The number of hydrogen-bond donors (Lipinski definition) is 2. The molecule has 128 valence electrons. The van der Waals surface area contributed by atoms with E-state index in [1.54, 1.807) is 19.9 Å². The van der Waals surface area contributed by atoms with Crippen LogP contribution < -0.4 is 5.32 Å². The van der Waals surface area contributed by atoms with Crippen molar-refractivity contribution in [2.75, 3.05) is 6.61 Å². The van der Waals surface area contributed by atoms with Crippen LogP contribution >= 0.6 is 0 Å². The molecule has 1 fully saturated rings. The summed E-state index contributed by atoms with van der Waals surface area (Å²) in [5, 5.41) is 16.0. The Balaban J connectivity index is 2.20. The number of nitrogens with zero attached hydrogens (tertiary/aromatic N) is 1. The van der Waals surface area contributed by atoms with Crippen molar-refractivity contribution >= 4 is 11.9 Å². The molecule has 0 bridgehead atoms. The van der Waals surface area contributed by atoms with Crippen molar-refractivity contribution in [1.29, 1.82) is 0 Å². The van der Waals surface area contributed by atoms with Gasteiger partial charge in [0.15, 0.2) is 5.69 Å². The summed E-state index contributed by atoms with van der Waals surface area (Å²) in [6, 6.07) is 1.54. The van der Waals surface area contributed by atoms with E-state index in [-0.39, 0.29) is 24.1 Å². The topological polar surface area (TPSA) is 102 Å². The number of carboxylic acids is 1. The minimum Gasteiger partial charge on any atom is -0.479 e. The maximum Gasteiger partial charge on any atom is 0.330 e. The molecule has 0 unspecified atom stereocenters. The second-order valence-electron chi connectivity index (χ2n) is 6.80. The third-order valence-corrected chi connectivity index (χ3v) is 4.79. The first-order chi connectivity index (χ1) is 10.7. The van der Waals surface area contributed by atoms with Gasteiger partial charge in [0.25, 0.3) is 5.91 Å². The largest absolute Gasteiger partial charge is 0.479 e. The quantitative estimate of drug-likeness (QED) is 0.831. The first-order valence-electron chi connectivity index (χ1n) is 7.79. The smallest absolute Gasteiger partial charge is 0.330 e. The highest BCUT2D eigenvalue weighted by Gasteiger charge is 2.66. The first kappa shape index (κ1) is 17.5. The zero-order valence-electron chi connectivity index (χ0n) is 14.2. The van der Waals surface area contributed by atoms with Crippen LogP contribution in [0.1, 0.15) is 63.2 Å². The van der Waals surface area contributed by atoms with E-state index in [0.29, 0.717) is 12.4 Å². The summed E-state index contributed by atoms with van der Waals surface area (Å²) in [4.78, 5) is 24.2. The van der Waals surface area contributed by atoms with Crippen LogP contribution in [0, 0.1) is 5.41 Å². The van der Waals surface area contributed by atoms with Gasteiger partial charge in [-0.25, -0.2) is 4.79 Å². The summed E-state index contributed by atoms with van der Waals surface area (Å²) in [5.41, 5.74) is -2.01. The molecule has 0 aromatic carbocycles. The monoisotopic (exact) mass is 324 g/mol. The zero-order chi connectivity index (χ0) is 17.4. The van der Waals surface area contributed by atoms with Gasteiger partial charge in [0.1, 0.15) is 11.3 Å². The van der Waals surface area contributed by atoms with E-state index in [2.05, 4.69) is 10.5 Å². The van der Waals surface area contributed by atoms with Gasteiger partial charge >= 0.3 is 5.97 Å². The molecule has 2 N–H and O–H groups in total. The fraction of sp³-hybridized carbons (Fsp3) is 0.688. The number of carboxylic acid groups (broad SMARTS) is 1. The predicted octanol–water partition coefficient (Wildman–Crippen LogP) is 2.19. The molecular formula is C16H24N2O5. The summed E-state index contributed by atoms with van der Waals surface area (Å²) in [7, 11) is 0. The maximum absolute atomic E-state index is 12.4.